The lowest BCUT2D eigenvalue weighted by molar-refractivity contribution is 0.121. The molecule has 1 aliphatic carbocycles. The molecule has 0 fully saturated rings. The summed E-state index contributed by atoms with van der Waals surface area (Å²) in [7, 11) is 0. The average Bonchev–Trinajstić information content (AvgIpc) is 3.02. The topological polar surface area (TPSA) is 110 Å². The molecule has 1 aliphatic rings. The van der Waals surface area contributed by atoms with E-state index in [1.165, 1.54) is 6.33 Å². The average molecular weight is 273 g/mol. The van der Waals surface area contributed by atoms with Crippen molar-refractivity contribution >= 4 is 17.0 Å². The molecule has 1 atom stereocenters. The summed E-state index contributed by atoms with van der Waals surface area (Å²) in [6, 6.07) is -0.228. The largest absolute Gasteiger partial charge is 0.395 e. The highest BCUT2D eigenvalue weighted by Crippen LogP contribution is 2.42. The number of aromatic nitrogens is 4. The van der Waals surface area contributed by atoms with E-state index in [0.29, 0.717) is 22.6 Å². The number of fused-ring (bicyclic) bond motifs is 1. The van der Waals surface area contributed by atoms with Crippen molar-refractivity contribution in [2.45, 2.75) is 6.04 Å². The summed E-state index contributed by atoms with van der Waals surface area (Å²) in [6.07, 6.45) is 6.63. The standard InChI is InChI=1S/C13H15N5O2/c1-8-9(2-3-13(8,4-19)5-20)18-7-17-10-11(14)15-6-16-12(10)18/h2-3,6-7,9,19-20H,1,4-5H2,(H2,14,15,16). The Balaban J connectivity index is 2.08. The first kappa shape index (κ1) is 12.8. The molecule has 104 valence electrons. The molecule has 0 saturated heterocycles. The highest BCUT2D eigenvalue weighted by Gasteiger charge is 2.38. The van der Waals surface area contributed by atoms with Crippen molar-refractivity contribution in [3.63, 3.8) is 0 Å². The van der Waals surface area contributed by atoms with Crippen LogP contribution in [0.1, 0.15) is 6.04 Å². The monoisotopic (exact) mass is 273 g/mol. The van der Waals surface area contributed by atoms with Gasteiger partial charge in [0.25, 0.3) is 0 Å². The van der Waals surface area contributed by atoms with Crippen LogP contribution in [0.15, 0.2) is 37.0 Å². The second-order valence-corrected chi connectivity index (χ2v) is 4.88. The van der Waals surface area contributed by atoms with Gasteiger partial charge in [0.15, 0.2) is 11.5 Å². The van der Waals surface area contributed by atoms with Crippen LogP contribution in [0.3, 0.4) is 0 Å². The Labute approximate surface area is 115 Å². The molecule has 1 unspecified atom stereocenters. The molecule has 20 heavy (non-hydrogen) atoms. The predicted octanol–water partition coefficient (Wildman–Crippen LogP) is 0.0466. The molecule has 4 N–H and O–H groups in total. The van der Waals surface area contributed by atoms with Crippen LogP contribution < -0.4 is 5.73 Å². The Morgan fingerprint density at radius 3 is 2.70 bits per heavy atom. The smallest absolute Gasteiger partial charge is 0.166 e. The molecular formula is C13H15N5O2. The number of hydrogen-bond acceptors (Lipinski definition) is 6. The van der Waals surface area contributed by atoms with Gasteiger partial charge in [0.2, 0.25) is 0 Å². The molecule has 0 bridgehead atoms. The number of aliphatic hydroxyl groups excluding tert-OH is 2. The number of anilines is 1. The van der Waals surface area contributed by atoms with Gasteiger partial charge in [-0.25, -0.2) is 15.0 Å². The van der Waals surface area contributed by atoms with Gasteiger partial charge in [0.05, 0.1) is 31.0 Å². The molecule has 0 radical (unpaired) electrons. The highest BCUT2D eigenvalue weighted by atomic mass is 16.3. The van der Waals surface area contributed by atoms with Gasteiger partial charge in [-0.1, -0.05) is 18.7 Å². The lowest BCUT2D eigenvalue weighted by Gasteiger charge is -2.27. The molecule has 2 aromatic rings. The zero-order valence-electron chi connectivity index (χ0n) is 10.8. The summed E-state index contributed by atoms with van der Waals surface area (Å²) in [4.78, 5) is 12.3. The third kappa shape index (κ3) is 1.57. The summed E-state index contributed by atoms with van der Waals surface area (Å²) in [5.74, 6) is 0.317. The molecule has 0 aromatic carbocycles. The van der Waals surface area contributed by atoms with Crippen LogP contribution in [0.5, 0.6) is 0 Å². The predicted molar refractivity (Wildman–Crippen MR) is 73.7 cm³/mol. The van der Waals surface area contributed by atoms with Crippen LogP contribution in [-0.2, 0) is 0 Å². The minimum atomic E-state index is -0.806. The van der Waals surface area contributed by atoms with Crippen molar-refractivity contribution in [2.24, 2.45) is 5.41 Å². The highest BCUT2D eigenvalue weighted by molar-refractivity contribution is 5.81. The van der Waals surface area contributed by atoms with Crippen LogP contribution in [0, 0.1) is 5.41 Å². The van der Waals surface area contributed by atoms with Gasteiger partial charge in [-0.05, 0) is 5.57 Å². The van der Waals surface area contributed by atoms with E-state index in [2.05, 4.69) is 21.5 Å². The molecular weight excluding hydrogens is 258 g/mol. The van der Waals surface area contributed by atoms with Crippen LogP contribution in [-0.4, -0.2) is 42.9 Å². The molecule has 3 rings (SSSR count). The van der Waals surface area contributed by atoms with E-state index in [0.717, 1.165) is 0 Å². The number of rotatable bonds is 3. The normalized spacial score (nSPS) is 20.9. The van der Waals surface area contributed by atoms with Gasteiger partial charge >= 0.3 is 0 Å². The van der Waals surface area contributed by atoms with E-state index >= 15 is 0 Å². The van der Waals surface area contributed by atoms with Gasteiger partial charge in [-0.2, -0.15) is 0 Å². The maximum atomic E-state index is 9.52. The van der Waals surface area contributed by atoms with E-state index in [1.807, 2.05) is 6.08 Å². The van der Waals surface area contributed by atoms with Crippen LogP contribution >= 0.6 is 0 Å². The van der Waals surface area contributed by atoms with Gasteiger partial charge in [0, 0.05) is 0 Å². The Morgan fingerprint density at radius 2 is 2.05 bits per heavy atom. The fourth-order valence-corrected chi connectivity index (χ4v) is 2.49. The molecule has 2 aromatic heterocycles. The summed E-state index contributed by atoms with van der Waals surface area (Å²) >= 11 is 0. The number of nitrogens with two attached hydrogens (primary N) is 1. The summed E-state index contributed by atoms with van der Waals surface area (Å²) in [5, 5.41) is 19.0. The van der Waals surface area contributed by atoms with Gasteiger partial charge in [-0.15, -0.1) is 0 Å². The number of aliphatic hydroxyl groups is 2. The van der Waals surface area contributed by atoms with E-state index < -0.39 is 5.41 Å². The lowest BCUT2D eigenvalue weighted by atomic mass is 9.84. The Hall–Kier alpha value is -2.25. The SMILES string of the molecule is C=C1C(n2cnc3c(N)ncnc32)C=CC1(CO)CO. The quantitative estimate of drug-likeness (QED) is 0.681. The minimum Gasteiger partial charge on any atom is -0.395 e. The molecule has 7 heteroatoms. The maximum Gasteiger partial charge on any atom is 0.166 e. The number of allylic oxidation sites excluding steroid dienone is 1. The van der Waals surface area contributed by atoms with Crippen molar-refractivity contribution in [1.29, 1.82) is 0 Å². The zero-order chi connectivity index (χ0) is 14.3. The lowest BCUT2D eigenvalue weighted by Crippen LogP contribution is -2.29. The number of nitrogens with zero attached hydrogens (tertiary/aromatic N) is 4. The summed E-state index contributed by atoms with van der Waals surface area (Å²) in [6.45, 7) is 3.62. The van der Waals surface area contributed by atoms with E-state index in [1.54, 1.807) is 17.0 Å². The van der Waals surface area contributed by atoms with Crippen molar-refractivity contribution in [3.05, 3.63) is 37.0 Å². The maximum absolute atomic E-state index is 9.52. The Morgan fingerprint density at radius 1 is 1.30 bits per heavy atom. The molecule has 2 heterocycles. The van der Waals surface area contributed by atoms with Gasteiger partial charge < -0.3 is 20.5 Å². The van der Waals surface area contributed by atoms with Gasteiger partial charge in [0.1, 0.15) is 11.8 Å². The van der Waals surface area contributed by atoms with Crippen molar-refractivity contribution in [3.8, 4) is 0 Å². The second-order valence-electron chi connectivity index (χ2n) is 4.88. The van der Waals surface area contributed by atoms with Crippen LogP contribution in [0.25, 0.3) is 11.2 Å². The number of imidazole rings is 1. The van der Waals surface area contributed by atoms with Crippen molar-refractivity contribution in [1.82, 2.24) is 19.5 Å². The van der Waals surface area contributed by atoms with Gasteiger partial charge in [-0.3, -0.25) is 0 Å². The third-order valence-electron chi connectivity index (χ3n) is 3.85. The Bertz CT molecular complexity index is 702. The second kappa shape index (κ2) is 4.39. The van der Waals surface area contributed by atoms with E-state index in [9.17, 15) is 10.2 Å². The minimum absolute atomic E-state index is 0.195. The molecule has 0 aliphatic heterocycles. The van der Waals surface area contributed by atoms with Crippen LogP contribution in [0.2, 0.25) is 0 Å². The fourth-order valence-electron chi connectivity index (χ4n) is 2.49. The molecule has 0 saturated carbocycles. The van der Waals surface area contributed by atoms with E-state index in [-0.39, 0.29) is 19.3 Å². The first-order chi connectivity index (χ1) is 9.63. The first-order valence-corrected chi connectivity index (χ1v) is 6.16. The molecule has 0 amide bonds. The van der Waals surface area contributed by atoms with Crippen molar-refractivity contribution in [2.75, 3.05) is 18.9 Å². The molecule has 7 nitrogen and oxygen atoms in total. The van der Waals surface area contributed by atoms with Crippen molar-refractivity contribution < 1.29 is 10.2 Å². The Kier molecular flexibility index (Phi) is 2.81. The summed E-state index contributed by atoms with van der Waals surface area (Å²) in [5.41, 5.74) is 6.77. The first-order valence-electron chi connectivity index (χ1n) is 6.16. The third-order valence-corrected chi connectivity index (χ3v) is 3.85. The van der Waals surface area contributed by atoms with Crippen LogP contribution in [0.4, 0.5) is 5.82 Å². The molecule has 0 spiro atoms. The number of nitrogen functional groups attached to an aromatic ring is 1. The zero-order valence-corrected chi connectivity index (χ0v) is 10.8. The number of hydrogen-bond donors (Lipinski definition) is 3. The fraction of sp³-hybridized carbons (Fsp3) is 0.308. The van der Waals surface area contributed by atoms with E-state index in [4.69, 9.17) is 5.73 Å². The summed E-state index contributed by atoms with van der Waals surface area (Å²) < 4.78 is 1.80.